The Morgan fingerprint density at radius 1 is 1.12 bits per heavy atom. The zero-order chi connectivity index (χ0) is 32.1. The molecule has 0 radical (unpaired) electrons. The van der Waals surface area contributed by atoms with Crippen molar-refractivity contribution in [1.29, 1.82) is 0 Å². The second kappa shape index (κ2) is 14.2. The monoisotopic (exact) mass is 603 g/mol. The second-order valence-electron chi connectivity index (χ2n) is 13.6. The molecule has 1 aromatic rings. The quantitative estimate of drug-likeness (QED) is 0.358. The lowest BCUT2D eigenvalue weighted by molar-refractivity contribution is -0.153. The summed E-state index contributed by atoms with van der Waals surface area (Å²) in [5.41, 5.74) is 1.40. The number of likely N-dealkylation sites (N-methyl/N-ethyl adjacent to an activating group) is 2. The molecule has 0 N–H and O–H groups in total. The van der Waals surface area contributed by atoms with Gasteiger partial charge in [-0.3, -0.25) is 9.59 Å². The fourth-order valence-electron chi connectivity index (χ4n) is 5.69. The van der Waals surface area contributed by atoms with Gasteiger partial charge in [-0.15, -0.1) is 0 Å². The first-order chi connectivity index (χ1) is 20.1. The number of amides is 2. The van der Waals surface area contributed by atoms with Gasteiger partial charge in [0, 0.05) is 58.6 Å². The van der Waals surface area contributed by atoms with E-state index in [1.165, 1.54) is 7.11 Å². The Morgan fingerprint density at radius 2 is 1.81 bits per heavy atom. The number of rotatable bonds is 10. The number of nitrogens with zero attached hydrogens (tertiary/aromatic N) is 5. The fourth-order valence-corrected chi connectivity index (χ4v) is 5.69. The molecule has 43 heavy (non-hydrogen) atoms. The first-order valence-electron chi connectivity index (χ1n) is 15.4. The zero-order valence-electron chi connectivity index (χ0n) is 27.9. The van der Waals surface area contributed by atoms with Crippen LogP contribution in [0.1, 0.15) is 84.7 Å². The molecule has 11 heteroatoms. The van der Waals surface area contributed by atoms with Gasteiger partial charge >= 0.3 is 12.1 Å². The van der Waals surface area contributed by atoms with E-state index in [1.807, 2.05) is 65.5 Å². The molecule has 2 amide bonds. The Hall–Kier alpha value is -2.92. The van der Waals surface area contributed by atoms with Crippen LogP contribution in [0.25, 0.3) is 5.57 Å². The average Bonchev–Trinajstić information content (AvgIpc) is 3.37. The first-order valence-corrected chi connectivity index (χ1v) is 15.4. The normalized spacial score (nSPS) is 22.1. The molecule has 0 aromatic carbocycles. The van der Waals surface area contributed by atoms with Crippen molar-refractivity contribution >= 4 is 23.5 Å². The van der Waals surface area contributed by atoms with Gasteiger partial charge in [-0.25, -0.2) is 9.48 Å². The van der Waals surface area contributed by atoms with Crippen LogP contribution in [-0.4, -0.2) is 103 Å². The van der Waals surface area contributed by atoms with Gasteiger partial charge in [0.1, 0.15) is 11.8 Å². The van der Waals surface area contributed by atoms with E-state index in [4.69, 9.17) is 19.3 Å². The van der Waals surface area contributed by atoms with Crippen molar-refractivity contribution < 1.29 is 28.6 Å². The number of carbonyl (C=O) groups is 3. The van der Waals surface area contributed by atoms with Crippen molar-refractivity contribution in [1.82, 2.24) is 24.5 Å². The van der Waals surface area contributed by atoms with Crippen LogP contribution in [0.2, 0.25) is 0 Å². The van der Waals surface area contributed by atoms with Gasteiger partial charge in [0.2, 0.25) is 5.91 Å². The predicted octanol–water partition coefficient (Wildman–Crippen LogP) is 4.58. The van der Waals surface area contributed by atoms with E-state index in [2.05, 4.69) is 4.90 Å². The van der Waals surface area contributed by atoms with E-state index >= 15 is 0 Å². The lowest BCUT2D eigenvalue weighted by Crippen LogP contribution is -2.47. The lowest BCUT2D eigenvalue weighted by atomic mass is 9.62. The standard InChI is InChI=1S/C32H53N5O6/c1-11-35(8)28(38)24-18-22(19-25(29(39)41-10)32(24,5)6)27-23(21-37(33-27)26-14-12-13-17-42-26)20-34(7)15-16-36(9)30(40)43-31(2,3)4/h18,21,24-26H,11-17,19-20H2,1-10H3. The van der Waals surface area contributed by atoms with Gasteiger partial charge < -0.3 is 28.9 Å². The maximum Gasteiger partial charge on any atom is 0.410 e. The summed E-state index contributed by atoms with van der Waals surface area (Å²) in [6.07, 6.45) is 6.90. The number of aromatic nitrogens is 2. The molecule has 2 aliphatic rings. The van der Waals surface area contributed by atoms with Crippen LogP contribution in [-0.2, 0) is 30.3 Å². The predicted molar refractivity (Wildman–Crippen MR) is 165 cm³/mol. The molecule has 1 aromatic heterocycles. The van der Waals surface area contributed by atoms with Crippen molar-refractivity contribution in [3.05, 3.63) is 23.5 Å². The Balaban J connectivity index is 1.96. The van der Waals surface area contributed by atoms with E-state index in [9.17, 15) is 14.4 Å². The minimum atomic E-state index is -0.643. The van der Waals surface area contributed by atoms with Crippen LogP contribution in [0.15, 0.2) is 12.3 Å². The van der Waals surface area contributed by atoms with Gasteiger partial charge in [-0.2, -0.15) is 5.10 Å². The molecule has 1 saturated heterocycles. The minimum absolute atomic E-state index is 0.0301. The second-order valence-corrected chi connectivity index (χ2v) is 13.6. The molecule has 3 unspecified atom stereocenters. The van der Waals surface area contributed by atoms with Crippen molar-refractivity contribution in [2.45, 2.75) is 85.6 Å². The summed E-state index contributed by atoms with van der Waals surface area (Å²) in [5, 5.41) is 5.04. The molecule has 242 valence electrons. The van der Waals surface area contributed by atoms with Crippen molar-refractivity contribution in [3.8, 4) is 0 Å². The number of hydrogen-bond donors (Lipinski definition) is 0. The van der Waals surface area contributed by atoms with E-state index in [0.717, 1.165) is 36.1 Å². The molecular weight excluding hydrogens is 550 g/mol. The van der Waals surface area contributed by atoms with E-state index in [-0.39, 0.29) is 24.2 Å². The van der Waals surface area contributed by atoms with Gasteiger partial charge in [0.05, 0.1) is 24.6 Å². The smallest absolute Gasteiger partial charge is 0.410 e. The molecule has 3 rings (SSSR count). The van der Waals surface area contributed by atoms with E-state index in [1.54, 1.807) is 23.9 Å². The number of allylic oxidation sites excluding steroid dienone is 1. The van der Waals surface area contributed by atoms with Crippen LogP contribution in [0.3, 0.4) is 0 Å². The summed E-state index contributed by atoms with van der Waals surface area (Å²) in [6.45, 7) is 14.3. The molecule has 0 saturated carbocycles. The van der Waals surface area contributed by atoms with Crippen molar-refractivity contribution in [2.75, 3.05) is 54.5 Å². The maximum absolute atomic E-state index is 13.6. The van der Waals surface area contributed by atoms with Crippen LogP contribution in [0.5, 0.6) is 0 Å². The summed E-state index contributed by atoms with van der Waals surface area (Å²) in [6, 6.07) is 0. The largest absolute Gasteiger partial charge is 0.469 e. The molecule has 1 aliphatic heterocycles. The molecule has 2 heterocycles. The molecule has 1 aliphatic carbocycles. The molecule has 0 spiro atoms. The fraction of sp³-hybridized carbons (Fsp3) is 0.750. The third-order valence-electron chi connectivity index (χ3n) is 8.62. The molecule has 11 nitrogen and oxygen atoms in total. The molecule has 3 atom stereocenters. The highest BCUT2D eigenvalue weighted by molar-refractivity contribution is 5.88. The molecular formula is C32H53N5O6. The van der Waals surface area contributed by atoms with Gasteiger partial charge in [-0.1, -0.05) is 19.9 Å². The van der Waals surface area contributed by atoms with Crippen molar-refractivity contribution in [3.63, 3.8) is 0 Å². The Bertz CT molecular complexity index is 1160. The highest BCUT2D eigenvalue weighted by Crippen LogP contribution is 2.48. The number of methoxy groups -OCH3 is 1. The summed E-state index contributed by atoms with van der Waals surface area (Å²) in [5.74, 6) is -1.39. The van der Waals surface area contributed by atoms with Gasteiger partial charge in [-0.05, 0) is 71.4 Å². The zero-order valence-corrected chi connectivity index (χ0v) is 27.9. The first kappa shape index (κ1) is 34.6. The third-order valence-corrected chi connectivity index (χ3v) is 8.62. The highest BCUT2D eigenvalue weighted by atomic mass is 16.6. The number of carbonyl (C=O) groups excluding carboxylic acids is 3. The summed E-state index contributed by atoms with van der Waals surface area (Å²) in [4.78, 5) is 44.6. The van der Waals surface area contributed by atoms with E-state index < -0.39 is 22.9 Å². The maximum atomic E-state index is 13.6. The van der Waals surface area contributed by atoms with Crippen LogP contribution in [0.4, 0.5) is 4.79 Å². The summed E-state index contributed by atoms with van der Waals surface area (Å²) in [7, 11) is 6.92. The minimum Gasteiger partial charge on any atom is -0.469 e. The summed E-state index contributed by atoms with van der Waals surface area (Å²) < 4.78 is 18.7. The van der Waals surface area contributed by atoms with Gasteiger partial charge in [0.15, 0.2) is 0 Å². The highest BCUT2D eigenvalue weighted by Gasteiger charge is 2.48. The number of esters is 1. The Kier molecular flexibility index (Phi) is 11.4. The number of hydrogen-bond acceptors (Lipinski definition) is 8. The summed E-state index contributed by atoms with van der Waals surface area (Å²) >= 11 is 0. The topological polar surface area (TPSA) is 106 Å². The van der Waals surface area contributed by atoms with Gasteiger partial charge in [0.25, 0.3) is 0 Å². The third kappa shape index (κ3) is 8.59. The SMILES string of the molecule is CCN(C)C(=O)C1C=C(c2nn(C3CCCCO3)cc2CN(C)CCN(C)C(=O)OC(C)(C)C)CC(C(=O)OC)C1(C)C. The number of ether oxygens (including phenoxy) is 3. The van der Waals surface area contributed by atoms with Crippen LogP contribution >= 0.6 is 0 Å². The average molecular weight is 604 g/mol. The Labute approximate surface area is 257 Å². The van der Waals surface area contributed by atoms with E-state index in [0.29, 0.717) is 39.2 Å². The van der Waals surface area contributed by atoms with Crippen LogP contribution in [0, 0.1) is 17.3 Å². The Morgan fingerprint density at radius 3 is 2.40 bits per heavy atom. The van der Waals surface area contributed by atoms with Crippen molar-refractivity contribution in [2.24, 2.45) is 17.3 Å². The lowest BCUT2D eigenvalue weighted by Gasteiger charge is -2.42. The molecule has 1 fully saturated rings. The van der Waals surface area contributed by atoms with Crippen LogP contribution < -0.4 is 0 Å². The molecule has 0 bridgehead atoms.